The maximum Gasteiger partial charge on any atom is 0.338 e. The number of imide groups is 2. The highest BCUT2D eigenvalue weighted by atomic mass is 28.4. The normalized spacial score (nSPS) is 24.2. The lowest BCUT2D eigenvalue weighted by atomic mass is 9.92. The smallest absolute Gasteiger partial charge is 0.338 e. The standard InChI is InChI=1S/C63H60N2O17Si/c1-63(2,3)83(5,6)82-50-46(36-76-58(71)38-25-13-8-14-26-38)78-62(48(52(50)80-60(73)40-29-17-10-18-30-40)65-55(68)43-33-21-22-34-44(43)56(65)69)81-49-45(35-75-57(70)37-23-11-7-12-24-37)77-61(74-4)47(51(49)79-59(72)39-27-15-9-16-28-39)64-53(66)41-31-19-20-32-42(41)54(64)67/h7-34,45-52,61-62H,35-36H2,1-6H3/t45?,46?,47-,48+,49+,50?,51?,52+,61+,62?/m1/s1. The van der Waals surface area contributed by atoms with Gasteiger partial charge in [0.05, 0.1) is 44.5 Å². The molecule has 0 aliphatic carbocycles. The average molecular weight is 1150 g/mol. The maximum absolute atomic E-state index is 15.2. The van der Waals surface area contributed by atoms with E-state index in [1.807, 2.05) is 33.9 Å². The Morgan fingerprint density at radius 1 is 0.446 bits per heavy atom. The first kappa shape index (κ1) is 57.7. The summed E-state index contributed by atoms with van der Waals surface area (Å²) in [5.41, 5.74) is 0.417. The van der Waals surface area contributed by atoms with Gasteiger partial charge in [0.1, 0.15) is 49.7 Å². The van der Waals surface area contributed by atoms with E-state index in [4.69, 9.17) is 42.3 Å². The van der Waals surface area contributed by atoms with Crippen molar-refractivity contribution in [3.8, 4) is 0 Å². The van der Waals surface area contributed by atoms with Crippen molar-refractivity contribution in [1.82, 2.24) is 9.80 Å². The molecule has 6 aromatic carbocycles. The summed E-state index contributed by atoms with van der Waals surface area (Å²) in [6, 6.07) is 40.4. The predicted molar refractivity (Wildman–Crippen MR) is 297 cm³/mol. The highest BCUT2D eigenvalue weighted by Gasteiger charge is 2.62. The van der Waals surface area contributed by atoms with Gasteiger partial charge in [0.2, 0.25) is 0 Å². The van der Waals surface area contributed by atoms with Gasteiger partial charge in [0.25, 0.3) is 23.6 Å². The van der Waals surface area contributed by atoms with E-state index in [-0.39, 0.29) is 44.5 Å². The molecule has 83 heavy (non-hydrogen) atoms. The Morgan fingerprint density at radius 3 is 1.12 bits per heavy atom. The van der Waals surface area contributed by atoms with Crippen LogP contribution >= 0.6 is 0 Å². The molecule has 4 aliphatic rings. The predicted octanol–water partition coefficient (Wildman–Crippen LogP) is 8.35. The van der Waals surface area contributed by atoms with Crippen LogP contribution in [0.5, 0.6) is 0 Å². The van der Waals surface area contributed by atoms with E-state index in [0.717, 1.165) is 9.80 Å². The highest BCUT2D eigenvalue weighted by Crippen LogP contribution is 2.44. The molecule has 0 spiro atoms. The average Bonchev–Trinajstić information content (AvgIpc) is 2.60. The number of carbonyl (C=O) groups is 8. The molecule has 10 rings (SSSR count). The van der Waals surface area contributed by atoms with E-state index in [0.29, 0.717) is 0 Å². The molecule has 0 N–H and O–H groups in total. The van der Waals surface area contributed by atoms with Gasteiger partial charge in [-0.05, 0) is 90.9 Å². The number of hydrogen-bond acceptors (Lipinski definition) is 17. The van der Waals surface area contributed by atoms with Crippen LogP contribution in [0.4, 0.5) is 0 Å². The first-order valence-corrected chi connectivity index (χ1v) is 29.8. The first-order valence-electron chi connectivity index (χ1n) is 26.9. The summed E-state index contributed by atoms with van der Waals surface area (Å²) < 4.78 is 59.2. The van der Waals surface area contributed by atoms with E-state index in [1.165, 1.54) is 67.8 Å². The second-order valence-electron chi connectivity index (χ2n) is 21.7. The molecule has 0 aromatic heterocycles. The minimum absolute atomic E-state index is 0.0137. The van der Waals surface area contributed by atoms with Gasteiger partial charge in [0, 0.05) is 7.11 Å². The van der Waals surface area contributed by atoms with Crippen molar-refractivity contribution in [3.63, 3.8) is 0 Å². The van der Waals surface area contributed by atoms with E-state index in [9.17, 15) is 28.8 Å². The number of esters is 4. The molecule has 6 aromatic rings. The van der Waals surface area contributed by atoms with Crippen molar-refractivity contribution in [2.75, 3.05) is 20.3 Å². The van der Waals surface area contributed by atoms with Gasteiger partial charge >= 0.3 is 23.9 Å². The van der Waals surface area contributed by atoms with Crippen molar-refractivity contribution in [2.24, 2.45) is 0 Å². The lowest BCUT2D eigenvalue weighted by Gasteiger charge is -2.53. The third kappa shape index (κ3) is 11.7. The second kappa shape index (κ2) is 24.1. The van der Waals surface area contributed by atoms with E-state index < -0.39 is 135 Å². The summed E-state index contributed by atoms with van der Waals surface area (Å²) in [6.45, 7) is 8.44. The van der Waals surface area contributed by atoms with Gasteiger partial charge < -0.3 is 42.3 Å². The number of amides is 4. The zero-order valence-electron chi connectivity index (χ0n) is 46.2. The fourth-order valence-corrected chi connectivity index (χ4v) is 11.6. The van der Waals surface area contributed by atoms with Crippen molar-refractivity contribution >= 4 is 55.8 Å². The molecule has 10 atom stereocenters. The lowest BCUT2D eigenvalue weighted by molar-refractivity contribution is -0.336. The summed E-state index contributed by atoms with van der Waals surface area (Å²) in [7, 11) is -1.87. The molecule has 5 unspecified atom stereocenters. The highest BCUT2D eigenvalue weighted by molar-refractivity contribution is 6.74. The molecule has 4 heterocycles. The molecule has 4 aliphatic heterocycles. The van der Waals surface area contributed by atoms with Gasteiger partial charge in [0.15, 0.2) is 33.1 Å². The summed E-state index contributed by atoms with van der Waals surface area (Å²) in [5, 5.41) is -0.554. The van der Waals surface area contributed by atoms with Crippen LogP contribution in [0, 0.1) is 0 Å². The number of methoxy groups -OCH3 is 1. The SMILES string of the molecule is CO[C@H]1OC(COC(=O)c2ccccc2)[C@H](OC2OC(COC(=O)c3ccccc3)C(O[Si](C)(C)C(C)(C)C)[C@@H](OC(=O)c3ccccc3)[C@@H]2N2C(=O)c3ccccc3C2=O)C(OC(=O)c2ccccc2)[C@H]1N1C(=O)c2ccccc2C1=O. The Morgan fingerprint density at radius 2 is 0.759 bits per heavy atom. The van der Waals surface area contributed by atoms with Crippen LogP contribution in [0.25, 0.3) is 0 Å². The third-order valence-electron chi connectivity index (χ3n) is 15.5. The Balaban J connectivity index is 1.17. The van der Waals surface area contributed by atoms with Gasteiger partial charge in [-0.1, -0.05) is 118 Å². The minimum Gasteiger partial charge on any atom is -0.459 e. The molecule has 4 amide bonds. The molecule has 19 nitrogen and oxygen atoms in total. The molecular formula is C63H60N2O17Si. The monoisotopic (exact) mass is 1140 g/mol. The number of benzene rings is 6. The number of carbonyl (C=O) groups excluding carboxylic acids is 8. The number of ether oxygens (including phenoxy) is 8. The Hall–Kier alpha value is -8.50. The van der Waals surface area contributed by atoms with Gasteiger partial charge in [-0.3, -0.25) is 29.0 Å². The second-order valence-corrected chi connectivity index (χ2v) is 26.5. The van der Waals surface area contributed by atoms with Gasteiger partial charge in [-0.15, -0.1) is 0 Å². The Labute approximate surface area is 479 Å². The van der Waals surface area contributed by atoms with E-state index in [2.05, 4.69) is 0 Å². The first-order chi connectivity index (χ1) is 39.9. The third-order valence-corrected chi connectivity index (χ3v) is 20.0. The molecule has 20 heteroatoms. The molecule has 0 saturated carbocycles. The number of rotatable bonds is 17. The van der Waals surface area contributed by atoms with E-state index >= 15 is 9.59 Å². The number of hydrogen-bond donors (Lipinski definition) is 0. The van der Waals surface area contributed by atoms with Crippen LogP contribution in [-0.4, -0.2) is 147 Å². The minimum atomic E-state index is -3.11. The summed E-state index contributed by atoms with van der Waals surface area (Å²) in [6.07, 6.45) is -13.7. The van der Waals surface area contributed by atoms with Gasteiger partial charge in [-0.25, -0.2) is 19.2 Å². The molecule has 428 valence electrons. The molecular weight excluding hydrogens is 1080 g/mol. The Kier molecular flexibility index (Phi) is 16.8. The maximum atomic E-state index is 15.2. The topological polar surface area (TPSA) is 226 Å². The quantitative estimate of drug-likeness (QED) is 0.0362. The van der Waals surface area contributed by atoms with Crippen LogP contribution < -0.4 is 0 Å². The molecule has 0 radical (unpaired) electrons. The number of nitrogens with zero attached hydrogens (tertiary/aromatic N) is 2. The van der Waals surface area contributed by atoms with Crippen LogP contribution in [0.15, 0.2) is 170 Å². The fraction of sp³-hybridized carbons (Fsp3) is 0.302. The zero-order chi connectivity index (χ0) is 58.7. The van der Waals surface area contributed by atoms with Crippen molar-refractivity contribution in [1.29, 1.82) is 0 Å². The Bertz CT molecular complexity index is 3340. The van der Waals surface area contributed by atoms with Crippen molar-refractivity contribution in [3.05, 3.63) is 214 Å². The zero-order valence-corrected chi connectivity index (χ0v) is 47.2. The van der Waals surface area contributed by atoms with Crippen LogP contribution in [0.2, 0.25) is 18.1 Å². The fourth-order valence-electron chi connectivity index (χ4n) is 10.3. The number of fused-ring (bicyclic) bond motifs is 2. The molecule has 0 bridgehead atoms. The largest absolute Gasteiger partial charge is 0.459 e. The lowest BCUT2D eigenvalue weighted by Crippen LogP contribution is -2.72. The summed E-state index contributed by atoms with van der Waals surface area (Å²) in [4.78, 5) is 119. The van der Waals surface area contributed by atoms with Crippen LogP contribution in [0.3, 0.4) is 0 Å². The van der Waals surface area contributed by atoms with Gasteiger partial charge in [-0.2, -0.15) is 0 Å². The summed E-state index contributed by atoms with van der Waals surface area (Å²) in [5.74, 6) is -6.82. The van der Waals surface area contributed by atoms with Crippen LogP contribution in [0.1, 0.15) is 104 Å². The molecule has 2 fully saturated rings. The molecule has 2 saturated heterocycles. The van der Waals surface area contributed by atoms with Crippen molar-refractivity contribution < 1.29 is 80.7 Å². The van der Waals surface area contributed by atoms with Crippen LogP contribution in [-0.2, 0) is 42.3 Å². The van der Waals surface area contributed by atoms with Crippen molar-refractivity contribution in [2.45, 2.75) is 100 Å². The summed E-state index contributed by atoms with van der Waals surface area (Å²) >= 11 is 0. The van der Waals surface area contributed by atoms with E-state index in [1.54, 1.807) is 109 Å².